The summed E-state index contributed by atoms with van der Waals surface area (Å²) < 4.78 is 7.20. The predicted molar refractivity (Wildman–Crippen MR) is 141 cm³/mol. The molecular weight excluding hydrogens is 544 g/mol. The van der Waals surface area contributed by atoms with Gasteiger partial charge in [0.2, 0.25) is 0 Å². The number of carbonyl (C=O) groups is 2. The minimum Gasteiger partial charge on any atom is -0.422 e. The number of rotatable bonds is 8. The molecule has 2 heterocycles. The van der Waals surface area contributed by atoms with E-state index in [1.807, 2.05) is 44.2 Å². The second kappa shape index (κ2) is 11.2. The van der Waals surface area contributed by atoms with E-state index in [0.29, 0.717) is 23.2 Å². The van der Waals surface area contributed by atoms with Crippen LogP contribution in [0.15, 0.2) is 67.0 Å². The van der Waals surface area contributed by atoms with Crippen molar-refractivity contribution in [2.24, 2.45) is 0 Å². The highest BCUT2D eigenvalue weighted by Crippen LogP contribution is 2.22. The van der Waals surface area contributed by atoms with Crippen LogP contribution in [0.5, 0.6) is 0 Å². The van der Waals surface area contributed by atoms with Gasteiger partial charge in [0.25, 0.3) is 11.8 Å². The van der Waals surface area contributed by atoms with E-state index in [1.165, 1.54) is 6.07 Å². The van der Waals surface area contributed by atoms with Gasteiger partial charge < -0.3 is 9.32 Å². The minimum atomic E-state index is -0.846. The topological polar surface area (TPSA) is 142 Å². The number of aromatic nitrogens is 3. The molecule has 2 aromatic heterocycles. The van der Waals surface area contributed by atoms with Crippen LogP contribution < -0.4 is 27.1 Å². The molecule has 12 heteroatoms. The maximum atomic E-state index is 12.5. The number of aromatic amines is 1. The van der Waals surface area contributed by atoms with Gasteiger partial charge in [-0.25, -0.2) is 14.3 Å². The first-order chi connectivity index (χ1) is 17.8. The van der Waals surface area contributed by atoms with Crippen LogP contribution >= 0.6 is 15.9 Å². The Morgan fingerprint density at radius 1 is 1.08 bits per heavy atom. The average Bonchev–Trinajstić information content (AvgIpc) is 3.20. The molecule has 0 atom stereocenters. The van der Waals surface area contributed by atoms with Crippen LogP contribution in [0.4, 0.5) is 5.69 Å². The first-order valence-electron chi connectivity index (χ1n) is 11.6. The predicted octanol–water partition coefficient (Wildman–Crippen LogP) is 2.34. The van der Waals surface area contributed by atoms with Crippen molar-refractivity contribution in [2.45, 2.75) is 26.8 Å². The third-order valence-corrected chi connectivity index (χ3v) is 6.18. The van der Waals surface area contributed by atoms with Gasteiger partial charge in [-0.15, -0.1) is 0 Å². The summed E-state index contributed by atoms with van der Waals surface area (Å²) in [7, 11) is 0. The summed E-state index contributed by atoms with van der Waals surface area (Å²) in [4.78, 5) is 54.2. The average molecular weight is 569 g/mol. The molecule has 4 rings (SSSR count). The number of halogens is 1. The molecule has 2 aromatic carbocycles. The Balaban J connectivity index is 1.39. The first kappa shape index (κ1) is 25.9. The Morgan fingerprint density at radius 3 is 2.59 bits per heavy atom. The van der Waals surface area contributed by atoms with Crippen molar-refractivity contribution in [1.82, 2.24) is 25.6 Å². The Bertz CT molecular complexity index is 1570. The lowest BCUT2D eigenvalue weighted by atomic mass is 10.1. The number of carbonyl (C=O) groups excluding carboxylic acids is 2. The summed E-state index contributed by atoms with van der Waals surface area (Å²) in [5, 5.41) is 4.69. The fourth-order valence-electron chi connectivity index (χ4n) is 3.84. The molecular formula is C25H25BrN6O5. The number of benzene rings is 2. The summed E-state index contributed by atoms with van der Waals surface area (Å²) >= 11 is 3.39. The van der Waals surface area contributed by atoms with Gasteiger partial charge in [-0.2, -0.15) is 5.10 Å². The number of hydrogen-bond donors (Lipinski definition) is 3. The lowest BCUT2D eigenvalue weighted by molar-refractivity contribution is -0.122. The number of nitrogens with zero attached hydrogens (tertiary/aromatic N) is 3. The maximum absolute atomic E-state index is 12.5. The van der Waals surface area contributed by atoms with Crippen molar-refractivity contribution >= 4 is 44.4 Å². The second-order valence-corrected chi connectivity index (χ2v) is 9.10. The number of nitrogens with one attached hydrogen (secondary N) is 3. The smallest absolute Gasteiger partial charge is 0.349 e. The molecule has 37 heavy (non-hydrogen) atoms. The van der Waals surface area contributed by atoms with Crippen LogP contribution in [0.1, 0.15) is 35.6 Å². The first-order valence-corrected chi connectivity index (χ1v) is 12.4. The normalized spacial score (nSPS) is 10.9. The van der Waals surface area contributed by atoms with Crippen molar-refractivity contribution in [1.29, 1.82) is 0 Å². The molecule has 11 nitrogen and oxygen atoms in total. The minimum absolute atomic E-state index is 0.267. The van der Waals surface area contributed by atoms with Gasteiger partial charge in [-0.3, -0.25) is 25.4 Å². The number of hydrazine groups is 1. The molecule has 2 amide bonds. The molecule has 0 aliphatic carbocycles. The molecule has 4 aromatic rings. The van der Waals surface area contributed by atoms with Crippen molar-refractivity contribution < 1.29 is 14.0 Å². The molecule has 0 saturated carbocycles. The molecule has 3 N–H and O–H groups in total. The van der Waals surface area contributed by atoms with E-state index in [1.54, 1.807) is 12.1 Å². The van der Waals surface area contributed by atoms with Gasteiger partial charge in [0.1, 0.15) is 23.5 Å². The third kappa shape index (κ3) is 6.15. The third-order valence-electron chi connectivity index (χ3n) is 5.69. The summed E-state index contributed by atoms with van der Waals surface area (Å²) in [5.74, 6) is -1.16. The second-order valence-electron chi connectivity index (χ2n) is 8.19. The number of amides is 2. The largest absolute Gasteiger partial charge is 0.422 e. The molecule has 0 aliphatic rings. The summed E-state index contributed by atoms with van der Waals surface area (Å²) in [6, 6.07) is 14.3. The Labute approximate surface area is 219 Å². The molecule has 0 fully saturated rings. The molecule has 0 saturated heterocycles. The van der Waals surface area contributed by atoms with E-state index in [2.05, 4.69) is 41.8 Å². The molecule has 192 valence electrons. The summed E-state index contributed by atoms with van der Waals surface area (Å²) in [5.41, 5.74) is 4.88. The zero-order valence-electron chi connectivity index (χ0n) is 20.2. The van der Waals surface area contributed by atoms with Crippen molar-refractivity contribution in [2.75, 3.05) is 18.0 Å². The van der Waals surface area contributed by atoms with E-state index in [4.69, 9.17) is 4.42 Å². The lowest BCUT2D eigenvalue weighted by Gasteiger charge is -2.21. The summed E-state index contributed by atoms with van der Waals surface area (Å²) in [6.07, 6.45) is 0.369. The quantitative estimate of drug-likeness (QED) is 0.218. The monoisotopic (exact) mass is 568 g/mol. The fourth-order valence-corrected chi connectivity index (χ4v) is 4.29. The molecule has 0 spiro atoms. The van der Waals surface area contributed by atoms with E-state index in [-0.39, 0.29) is 5.56 Å². The Kier molecular flexibility index (Phi) is 7.87. The zero-order chi connectivity index (χ0) is 26.5. The highest BCUT2D eigenvalue weighted by Gasteiger charge is 2.16. The van der Waals surface area contributed by atoms with Crippen LogP contribution in [0.2, 0.25) is 0 Å². The number of hydrogen-bond acceptors (Lipinski definition) is 7. The Hall–Kier alpha value is -4.19. The van der Waals surface area contributed by atoms with Crippen LogP contribution in [0.25, 0.3) is 11.0 Å². The van der Waals surface area contributed by atoms with E-state index in [0.717, 1.165) is 33.5 Å². The molecule has 0 aliphatic heterocycles. The van der Waals surface area contributed by atoms with E-state index in [9.17, 15) is 19.2 Å². The van der Waals surface area contributed by atoms with E-state index >= 15 is 0 Å². The fraction of sp³-hybridized carbons (Fsp3) is 0.240. The number of fused-ring (bicyclic) bond motifs is 1. The van der Waals surface area contributed by atoms with Gasteiger partial charge in [-0.1, -0.05) is 28.1 Å². The van der Waals surface area contributed by atoms with Gasteiger partial charge in [0.05, 0.1) is 0 Å². The van der Waals surface area contributed by atoms with Crippen molar-refractivity contribution in [3.05, 3.63) is 90.9 Å². The van der Waals surface area contributed by atoms with Crippen molar-refractivity contribution in [3.63, 3.8) is 0 Å². The van der Waals surface area contributed by atoms with Gasteiger partial charge in [-0.05, 0) is 49.7 Å². The van der Waals surface area contributed by atoms with Gasteiger partial charge in [0.15, 0.2) is 0 Å². The number of H-pyrrole nitrogens is 1. The highest BCUT2D eigenvalue weighted by molar-refractivity contribution is 9.10. The SMILES string of the molecule is CCN(CC)c1ccc2cc(C(=O)NNC(=O)Cn3nc(Cc4cccc(Br)c4)[nH]c3=O)c(=O)oc2c1. The molecule has 0 unspecified atom stereocenters. The molecule has 0 radical (unpaired) electrons. The van der Waals surface area contributed by atoms with Gasteiger partial charge >= 0.3 is 11.3 Å². The highest BCUT2D eigenvalue weighted by atomic mass is 79.9. The van der Waals surface area contributed by atoms with Gasteiger partial charge in [0, 0.05) is 41.1 Å². The van der Waals surface area contributed by atoms with Crippen LogP contribution in [-0.2, 0) is 17.8 Å². The lowest BCUT2D eigenvalue weighted by Crippen LogP contribution is -2.45. The van der Waals surface area contributed by atoms with Crippen molar-refractivity contribution in [3.8, 4) is 0 Å². The number of anilines is 1. The summed E-state index contributed by atoms with van der Waals surface area (Å²) in [6.45, 7) is 5.20. The maximum Gasteiger partial charge on any atom is 0.349 e. The van der Waals surface area contributed by atoms with Crippen LogP contribution in [0.3, 0.4) is 0 Å². The zero-order valence-corrected chi connectivity index (χ0v) is 21.8. The molecule has 0 bridgehead atoms. The van der Waals surface area contributed by atoms with Crippen LogP contribution in [0, 0.1) is 0 Å². The van der Waals surface area contributed by atoms with Crippen LogP contribution in [-0.4, -0.2) is 39.7 Å². The Morgan fingerprint density at radius 2 is 1.86 bits per heavy atom. The standard InChI is InChI=1S/C25H25BrN6O5/c1-3-31(4-2)18-9-8-16-12-19(24(35)37-20(16)13-18)23(34)29-28-22(33)14-32-25(36)27-21(30-32)11-15-6-5-7-17(26)10-15/h5-10,12-13H,3-4,11,14H2,1-2H3,(H,28,33)(H,29,34)(H,27,30,36). The van der Waals surface area contributed by atoms with E-state index < -0.39 is 29.7 Å².